The Hall–Kier alpha value is -0.573. The zero-order chi connectivity index (χ0) is 9.90. The molecule has 0 aromatic heterocycles. The standard InChI is InChI=1S/C10H19NOSi/c1-13(2,3)8-9-5-4-6-10(7-9)11-12/h8,12H,4-7H2,1-3H3/b9-8-,11-10+. The molecule has 0 spiro atoms. The highest BCUT2D eigenvalue weighted by molar-refractivity contribution is 6.81. The molecule has 74 valence electrons. The zero-order valence-corrected chi connectivity index (χ0v) is 9.80. The van der Waals surface area contributed by atoms with Gasteiger partial charge in [0.2, 0.25) is 0 Å². The fourth-order valence-corrected chi connectivity index (χ4v) is 3.25. The number of hydrogen-bond acceptors (Lipinski definition) is 2. The van der Waals surface area contributed by atoms with Crippen molar-refractivity contribution in [3.05, 3.63) is 11.3 Å². The molecule has 1 aliphatic rings. The minimum atomic E-state index is -1.09. The van der Waals surface area contributed by atoms with Crippen LogP contribution in [-0.2, 0) is 0 Å². The predicted molar refractivity (Wildman–Crippen MR) is 59.1 cm³/mol. The first-order valence-electron chi connectivity index (χ1n) is 4.92. The van der Waals surface area contributed by atoms with Gasteiger partial charge in [0, 0.05) is 6.42 Å². The Balaban J connectivity index is 2.67. The van der Waals surface area contributed by atoms with Crippen molar-refractivity contribution in [2.24, 2.45) is 5.16 Å². The molecule has 1 aliphatic carbocycles. The van der Waals surface area contributed by atoms with Gasteiger partial charge in [-0.05, 0) is 19.3 Å². The Labute approximate surface area is 81.4 Å². The minimum absolute atomic E-state index is 0.904. The number of hydrogen-bond donors (Lipinski definition) is 1. The van der Waals surface area contributed by atoms with E-state index in [1.807, 2.05) is 0 Å². The van der Waals surface area contributed by atoms with Crippen molar-refractivity contribution in [2.75, 3.05) is 0 Å². The quantitative estimate of drug-likeness (QED) is 0.391. The van der Waals surface area contributed by atoms with Crippen molar-refractivity contribution in [2.45, 2.75) is 45.3 Å². The highest BCUT2D eigenvalue weighted by Crippen LogP contribution is 2.23. The van der Waals surface area contributed by atoms with Crippen LogP contribution < -0.4 is 0 Å². The van der Waals surface area contributed by atoms with Gasteiger partial charge in [-0.1, -0.05) is 36.1 Å². The molecule has 1 saturated carbocycles. The summed E-state index contributed by atoms with van der Waals surface area (Å²) in [5, 5.41) is 12.0. The van der Waals surface area contributed by atoms with Crippen LogP contribution >= 0.6 is 0 Å². The second-order valence-electron chi connectivity index (χ2n) is 4.87. The number of allylic oxidation sites excluding steroid dienone is 1. The van der Waals surface area contributed by atoms with Crippen LogP contribution in [0.5, 0.6) is 0 Å². The third-order valence-electron chi connectivity index (χ3n) is 2.17. The monoisotopic (exact) mass is 197 g/mol. The summed E-state index contributed by atoms with van der Waals surface area (Å²) in [5.41, 5.74) is 4.88. The second-order valence-corrected chi connectivity index (χ2v) is 9.89. The normalized spacial score (nSPS) is 25.5. The van der Waals surface area contributed by atoms with E-state index < -0.39 is 8.07 Å². The Kier molecular flexibility index (Phi) is 3.31. The van der Waals surface area contributed by atoms with Crippen molar-refractivity contribution < 1.29 is 5.21 Å². The van der Waals surface area contributed by atoms with Gasteiger partial charge in [-0.2, -0.15) is 0 Å². The molecule has 0 bridgehead atoms. The smallest absolute Gasteiger partial charge is 0.0686 e. The molecule has 0 aromatic rings. The third kappa shape index (κ3) is 3.76. The lowest BCUT2D eigenvalue weighted by atomic mass is 9.94. The van der Waals surface area contributed by atoms with E-state index in [4.69, 9.17) is 5.21 Å². The van der Waals surface area contributed by atoms with Crippen LogP contribution in [0.25, 0.3) is 0 Å². The van der Waals surface area contributed by atoms with Crippen LogP contribution in [0.15, 0.2) is 16.4 Å². The molecule has 0 atom stereocenters. The number of oxime groups is 1. The molecule has 0 radical (unpaired) electrons. The molecule has 0 aliphatic heterocycles. The maximum Gasteiger partial charge on any atom is 0.0686 e. The number of nitrogens with zero attached hydrogens (tertiary/aromatic N) is 1. The van der Waals surface area contributed by atoms with Gasteiger partial charge < -0.3 is 5.21 Å². The van der Waals surface area contributed by atoms with Crippen LogP contribution in [0.4, 0.5) is 0 Å². The summed E-state index contributed by atoms with van der Waals surface area (Å²) in [6.45, 7) is 7.01. The average Bonchev–Trinajstić information content (AvgIpc) is 2.01. The van der Waals surface area contributed by atoms with Crippen molar-refractivity contribution in [1.82, 2.24) is 0 Å². The highest BCUT2D eigenvalue weighted by atomic mass is 28.3. The molecule has 0 heterocycles. The van der Waals surface area contributed by atoms with Crippen LogP contribution in [0, 0.1) is 0 Å². The van der Waals surface area contributed by atoms with Gasteiger partial charge in [0.15, 0.2) is 0 Å². The fourth-order valence-electron chi connectivity index (χ4n) is 1.78. The van der Waals surface area contributed by atoms with Crippen molar-refractivity contribution in [1.29, 1.82) is 0 Å². The van der Waals surface area contributed by atoms with E-state index in [1.165, 1.54) is 12.0 Å². The minimum Gasteiger partial charge on any atom is -0.411 e. The first-order valence-corrected chi connectivity index (χ1v) is 8.49. The summed E-state index contributed by atoms with van der Waals surface area (Å²) in [6, 6.07) is 0. The van der Waals surface area contributed by atoms with Gasteiger partial charge in [0.05, 0.1) is 13.8 Å². The van der Waals surface area contributed by atoms with Crippen molar-refractivity contribution in [3.8, 4) is 0 Å². The van der Waals surface area contributed by atoms with Gasteiger partial charge in [-0.3, -0.25) is 0 Å². The lowest BCUT2D eigenvalue weighted by Crippen LogP contribution is -2.19. The SMILES string of the molecule is C[Si](C)(C)/C=C1/CCC/C(=N\O)C1. The Bertz CT molecular complexity index is 238. The Morgan fingerprint density at radius 1 is 1.31 bits per heavy atom. The van der Waals surface area contributed by atoms with E-state index in [0.717, 1.165) is 25.0 Å². The molecular weight excluding hydrogens is 178 g/mol. The first kappa shape index (κ1) is 10.5. The Morgan fingerprint density at radius 2 is 2.00 bits per heavy atom. The lowest BCUT2D eigenvalue weighted by Gasteiger charge is -2.19. The van der Waals surface area contributed by atoms with E-state index in [9.17, 15) is 0 Å². The zero-order valence-electron chi connectivity index (χ0n) is 8.80. The predicted octanol–water partition coefficient (Wildman–Crippen LogP) is 3.19. The van der Waals surface area contributed by atoms with Gasteiger partial charge in [0.25, 0.3) is 0 Å². The van der Waals surface area contributed by atoms with Crippen LogP contribution in [-0.4, -0.2) is 19.0 Å². The van der Waals surface area contributed by atoms with E-state index in [-0.39, 0.29) is 0 Å². The molecule has 1 N–H and O–H groups in total. The first-order chi connectivity index (χ1) is 6.01. The van der Waals surface area contributed by atoms with E-state index in [0.29, 0.717) is 0 Å². The molecule has 0 unspecified atom stereocenters. The molecule has 2 nitrogen and oxygen atoms in total. The molecule has 13 heavy (non-hydrogen) atoms. The van der Waals surface area contributed by atoms with Gasteiger partial charge in [-0.25, -0.2) is 0 Å². The topological polar surface area (TPSA) is 32.6 Å². The average molecular weight is 197 g/mol. The van der Waals surface area contributed by atoms with Gasteiger partial charge in [0.1, 0.15) is 0 Å². The molecular formula is C10H19NOSi. The van der Waals surface area contributed by atoms with E-state index in [2.05, 4.69) is 30.5 Å². The largest absolute Gasteiger partial charge is 0.411 e. The van der Waals surface area contributed by atoms with E-state index >= 15 is 0 Å². The van der Waals surface area contributed by atoms with Crippen LogP contribution in [0.3, 0.4) is 0 Å². The summed E-state index contributed by atoms with van der Waals surface area (Å²) >= 11 is 0. The molecule has 1 rings (SSSR count). The maximum absolute atomic E-state index is 8.68. The van der Waals surface area contributed by atoms with Gasteiger partial charge in [-0.15, -0.1) is 0 Å². The molecule has 0 amide bonds. The molecule has 3 heteroatoms. The summed E-state index contributed by atoms with van der Waals surface area (Å²) in [4.78, 5) is 0. The molecule has 0 aromatic carbocycles. The van der Waals surface area contributed by atoms with Gasteiger partial charge >= 0.3 is 0 Å². The maximum atomic E-state index is 8.68. The lowest BCUT2D eigenvalue weighted by molar-refractivity contribution is 0.315. The van der Waals surface area contributed by atoms with Crippen LogP contribution in [0.1, 0.15) is 25.7 Å². The summed E-state index contributed by atoms with van der Waals surface area (Å²) < 4.78 is 0. The van der Waals surface area contributed by atoms with Crippen molar-refractivity contribution in [3.63, 3.8) is 0 Å². The summed E-state index contributed by atoms with van der Waals surface area (Å²) in [5.74, 6) is 0. The molecule has 0 saturated heterocycles. The summed E-state index contributed by atoms with van der Waals surface area (Å²) in [6.07, 6.45) is 4.22. The van der Waals surface area contributed by atoms with Crippen LogP contribution in [0.2, 0.25) is 19.6 Å². The number of rotatable bonds is 1. The summed E-state index contributed by atoms with van der Waals surface area (Å²) in [7, 11) is -1.09. The molecule has 1 fully saturated rings. The van der Waals surface area contributed by atoms with Crippen molar-refractivity contribution >= 4 is 13.8 Å². The third-order valence-corrected chi connectivity index (χ3v) is 3.45. The second kappa shape index (κ2) is 4.09. The Morgan fingerprint density at radius 3 is 2.54 bits per heavy atom. The highest BCUT2D eigenvalue weighted by Gasteiger charge is 2.16. The van der Waals surface area contributed by atoms with E-state index in [1.54, 1.807) is 0 Å². The fraction of sp³-hybridized carbons (Fsp3) is 0.700.